The zero-order valence-corrected chi connectivity index (χ0v) is 58.0. The quantitative estimate of drug-likeness (QED) is 0.110. The van der Waals surface area contributed by atoms with Crippen molar-refractivity contribution in [1.82, 2.24) is 103 Å². The van der Waals surface area contributed by atoms with Gasteiger partial charge in [-0.25, -0.2) is 34.6 Å². The Bertz CT molecular complexity index is 4570. The summed E-state index contributed by atoms with van der Waals surface area (Å²) in [7, 11) is 3.42. The van der Waals surface area contributed by atoms with E-state index in [1.54, 1.807) is 96.1 Å². The van der Waals surface area contributed by atoms with Gasteiger partial charge in [0.05, 0.1) is 76.6 Å². The van der Waals surface area contributed by atoms with Crippen LogP contribution in [0.2, 0.25) is 0 Å². The first kappa shape index (κ1) is 75.2. The molecular weight excluding hydrogens is 1180 g/mol. The Kier molecular flexibility index (Phi) is 26.4. The first-order valence-electron chi connectivity index (χ1n) is 30.2. The van der Waals surface area contributed by atoms with Gasteiger partial charge in [-0.05, 0) is 130 Å². The fourth-order valence-electron chi connectivity index (χ4n) is 7.87. The van der Waals surface area contributed by atoms with E-state index in [4.69, 9.17) is 5.73 Å². The van der Waals surface area contributed by atoms with E-state index in [0.29, 0.717) is 60.7 Å². The second-order valence-corrected chi connectivity index (χ2v) is 26.5. The third-order valence-corrected chi connectivity index (χ3v) is 12.1. The highest BCUT2D eigenvalue weighted by Gasteiger charge is 2.20. The number of hydrogen-bond donors (Lipinski definition) is 4. The van der Waals surface area contributed by atoms with E-state index in [-0.39, 0.29) is 55.9 Å². The fraction of sp³-hybridized carbons (Fsp3) is 0.446. The van der Waals surface area contributed by atoms with Gasteiger partial charge in [0.25, 0.3) is 33.4 Å². The molecule has 0 radical (unpaired) electrons. The van der Waals surface area contributed by atoms with Gasteiger partial charge in [-0.1, -0.05) is 62.3 Å². The molecular formula is C65H92N22O6. The summed E-state index contributed by atoms with van der Waals surface area (Å²) in [6.07, 6.45) is 18.6. The number of anilines is 1. The van der Waals surface area contributed by atoms with E-state index in [1.807, 2.05) is 89.2 Å². The first-order chi connectivity index (χ1) is 43.3. The van der Waals surface area contributed by atoms with E-state index in [1.165, 1.54) is 32.9 Å². The van der Waals surface area contributed by atoms with Crippen molar-refractivity contribution in [2.75, 3.05) is 5.73 Å². The molecule has 0 aliphatic carbocycles. The van der Waals surface area contributed by atoms with Gasteiger partial charge in [-0.2, -0.15) is 15.2 Å². The summed E-state index contributed by atoms with van der Waals surface area (Å²) in [5.74, 6) is 2.79. The van der Waals surface area contributed by atoms with Gasteiger partial charge in [0.2, 0.25) is 5.95 Å². The number of nitrogen functional groups attached to an aromatic ring is 1. The van der Waals surface area contributed by atoms with E-state index in [9.17, 15) is 28.8 Å². The Morgan fingerprint density at radius 3 is 1.54 bits per heavy atom. The highest BCUT2D eigenvalue weighted by atomic mass is 16.2. The number of nitrogens with two attached hydrogens (primary N) is 1. The van der Waals surface area contributed by atoms with Crippen molar-refractivity contribution in [3.63, 3.8) is 0 Å². The number of nitrogens with one attached hydrogen (secondary N) is 3. The minimum Gasteiger partial charge on any atom is -0.369 e. The molecule has 28 heteroatoms. The number of nitrogens with zero attached hydrogens (tertiary/aromatic N) is 18. The Balaban J connectivity index is 0.000000231. The predicted molar refractivity (Wildman–Crippen MR) is 368 cm³/mol. The number of rotatable bonds is 0. The van der Waals surface area contributed by atoms with Crippen LogP contribution < -0.4 is 39.1 Å². The maximum atomic E-state index is 12.3. The number of hydrogen-bond acceptors (Lipinski definition) is 19. The molecule has 0 fully saturated rings. The molecule has 0 unspecified atom stereocenters. The Labute approximate surface area is 539 Å². The number of aryl methyl sites for hydroxylation is 5. The maximum Gasteiger partial charge on any atom is 0.277 e. The molecule has 12 heterocycles. The van der Waals surface area contributed by atoms with Crippen LogP contribution in [-0.4, -0.2) is 103 Å². The molecule has 12 aromatic rings. The number of fused-ring (bicyclic) bond motifs is 6. The third kappa shape index (κ3) is 20.9. The van der Waals surface area contributed by atoms with Crippen LogP contribution in [0.25, 0.3) is 60.7 Å². The van der Waals surface area contributed by atoms with Crippen LogP contribution in [0.15, 0.2) is 122 Å². The molecule has 0 saturated heterocycles. The molecule has 0 spiro atoms. The lowest BCUT2D eigenvalue weighted by Crippen LogP contribution is -2.35. The van der Waals surface area contributed by atoms with Crippen LogP contribution in [0.1, 0.15) is 141 Å². The van der Waals surface area contributed by atoms with Crippen LogP contribution in [-0.2, 0) is 30.7 Å². The summed E-state index contributed by atoms with van der Waals surface area (Å²) in [5, 5.41) is 13.7. The Morgan fingerprint density at radius 2 is 0.989 bits per heavy atom. The molecule has 28 nitrogen and oxygen atoms in total. The fourth-order valence-corrected chi connectivity index (χ4v) is 7.87. The number of pyridine rings is 3. The number of aromatic nitrogens is 21. The van der Waals surface area contributed by atoms with Crippen LogP contribution >= 0.6 is 0 Å². The lowest BCUT2D eigenvalue weighted by molar-refractivity contribution is 0.340. The highest BCUT2D eigenvalue weighted by molar-refractivity contribution is 5.80. The van der Waals surface area contributed by atoms with Gasteiger partial charge in [0, 0.05) is 49.3 Å². The molecule has 498 valence electrons. The van der Waals surface area contributed by atoms with Gasteiger partial charge in [-0.15, -0.1) is 9.73 Å². The van der Waals surface area contributed by atoms with Crippen molar-refractivity contribution in [1.29, 1.82) is 0 Å². The van der Waals surface area contributed by atoms with Crippen LogP contribution in [0.3, 0.4) is 0 Å². The average Bonchev–Trinajstić information content (AvgIpc) is 1.83. The Hall–Kier alpha value is -10.3. The second kappa shape index (κ2) is 32.6. The largest absolute Gasteiger partial charge is 0.369 e. The number of H-pyrrole nitrogens is 3. The summed E-state index contributed by atoms with van der Waals surface area (Å²) >= 11 is 0. The molecule has 0 bridgehead atoms. The van der Waals surface area contributed by atoms with Crippen LogP contribution in [0, 0.1) is 38.5 Å². The normalized spacial score (nSPS) is 11.1. The number of aromatic amines is 3. The molecule has 0 atom stereocenters. The summed E-state index contributed by atoms with van der Waals surface area (Å²) in [5.41, 5.74) is 10.7. The minimum atomic E-state index is -0.304. The molecule has 93 heavy (non-hydrogen) atoms. The average molecular weight is 1280 g/mol. The van der Waals surface area contributed by atoms with E-state index >= 15 is 0 Å². The molecule has 0 aliphatic rings. The first-order valence-corrected chi connectivity index (χ1v) is 30.2. The zero-order chi connectivity index (χ0) is 70.0. The minimum absolute atomic E-state index is 0.00241. The lowest BCUT2D eigenvalue weighted by Gasteiger charge is -2.22. The van der Waals surface area contributed by atoms with Gasteiger partial charge in [-0.3, -0.25) is 47.9 Å². The van der Waals surface area contributed by atoms with Crippen molar-refractivity contribution in [2.24, 2.45) is 31.8 Å². The second-order valence-electron chi connectivity index (χ2n) is 26.5. The monoisotopic (exact) mass is 1280 g/mol. The SMILES string of the molecule is CC(C)(C)n1ncc2ncccc2c1=O.CC(C)C.CC(C)C.CC(C)C.Cc1ccnc2ncn(C(C)(C)C)c(=O)c12.Cc1cncc2ncn(C(C)(C)C)c(=O)c12.Cc1cnn2nc[nH]c(=O)c12.Cn1c(N)nc2nc[nH]c(=O)c21.Cn1cnc2nc[nH]c(=O)c21. The Morgan fingerprint density at radius 1 is 0.462 bits per heavy atom. The van der Waals surface area contributed by atoms with Crippen molar-refractivity contribution >= 4 is 66.6 Å². The van der Waals surface area contributed by atoms with E-state index < -0.39 is 0 Å². The van der Waals surface area contributed by atoms with Crippen LogP contribution in [0.4, 0.5) is 5.95 Å². The third-order valence-electron chi connectivity index (χ3n) is 12.1. The standard InChI is InChI=1S/2C12H15N3O.C11H13N3O.C6H7N5O.2C6H6N4O.3C4H10/c1-8-5-13-6-9-10(8)11(16)15(7-14-9)12(2,3)4;1-8-5-6-13-10-9(8)11(16)15(7-14-10)12(2,3)4;1-11(2,3)14-10(15)8-5-4-6-12-9(8)7-13-14;1-11-3-4(10-6(11)7)8-2-9-5(3)12;1-10-3-9-5-4(10)6(11)8-2-7-5;1-4-2-8-10-5(4)6(11)7-3-9-10;3*1-4(2)3/h2*5-7H,1-4H3;4-7H,1-3H3;2H,1H3,(H3,7,8,9,10,12);2-3H,1H3,(H,7,8,11);2-3H,1H3,(H,7,9,11);3*4H,1-3H3. The lowest BCUT2D eigenvalue weighted by atomic mass is 10.1. The van der Waals surface area contributed by atoms with Gasteiger partial charge < -0.3 is 29.8 Å². The van der Waals surface area contributed by atoms with Gasteiger partial charge in [0.1, 0.15) is 12.7 Å². The zero-order valence-electron chi connectivity index (χ0n) is 58.0. The molecule has 12 rings (SSSR count). The molecule has 0 saturated carbocycles. The maximum absolute atomic E-state index is 12.3. The van der Waals surface area contributed by atoms with E-state index in [0.717, 1.165) is 34.4 Å². The molecule has 0 aromatic carbocycles. The molecule has 5 N–H and O–H groups in total. The van der Waals surface area contributed by atoms with Crippen molar-refractivity contribution in [3.05, 3.63) is 172 Å². The molecule has 0 aliphatic heterocycles. The van der Waals surface area contributed by atoms with Crippen LogP contribution in [0.5, 0.6) is 0 Å². The number of imidazole rings is 2. The molecule has 12 aromatic heterocycles. The van der Waals surface area contributed by atoms with Crippen molar-refractivity contribution < 1.29 is 0 Å². The highest BCUT2D eigenvalue weighted by Crippen LogP contribution is 2.17. The summed E-state index contributed by atoms with van der Waals surface area (Å²) < 4.78 is 9.24. The summed E-state index contributed by atoms with van der Waals surface area (Å²) in [6, 6.07) is 5.36. The smallest absolute Gasteiger partial charge is 0.277 e. The topological polar surface area (TPSA) is 360 Å². The summed E-state index contributed by atoms with van der Waals surface area (Å²) in [6.45, 7) is 42.8. The summed E-state index contributed by atoms with van der Waals surface area (Å²) in [4.78, 5) is 114. The van der Waals surface area contributed by atoms with Gasteiger partial charge >= 0.3 is 0 Å². The van der Waals surface area contributed by atoms with Crippen molar-refractivity contribution in [3.8, 4) is 0 Å². The van der Waals surface area contributed by atoms with Gasteiger partial charge in [0.15, 0.2) is 33.5 Å². The molecule has 0 amide bonds. The van der Waals surface area contributed by atoms with E-state index in [2.05, 4.69) is 137 Å². The van der Waals surface area contributed by atoms with Crippen molar-refractivity contribution in [2.45, 2.75) is 162 Å². The predicted octanol–water partition coefficient (Wildman–Crippen LogP) is 8.86.